The first-order chi connectivity index (χ1) is 10.0. The summed E-state index contributed by atoms with van der Waals surface area (Å²) in [5, 5.41) is 0. The minimum Gasteiger partial charge on any atom is -0.207 e. The first kappa shape index (κ1) is 16.7. The number of alkyl halides is 2. The van der Waals surface area contributed by atoms with Crippen molar-refractivity contribution in [1.29, 1.82) is 0 Å². The number of rotatable bonds is 5. The topological polar surface area (TPSA) is 0 Å². The van der Waals surface area contributed by atoms with Crippen LogP contribution in [0.3, 0.4) is 0 Å². The molecule has 0 bridgehead atoms. The summed E-state index contributed by atoms with van der Waals surface area (Å²) in [7, 11) is 0. The van der Waals surface area contributed by atoms with Gasteiger partial charge in [-0.05, 0) is 47.9 Å². The molecule has 2 rings (SSSR count). The molecular weight excluding hydrogens is 381 g/mol. The van der Waals surface area contributed by atoms with Crippen molar-refractivity contribution in [2.45, 2.75) is 11.8 Å². The Kier molecular flexibility index (Phi) is 5.64. The van der Waals surface area contributed by atoms with Crippen LogP contribution in [0.15, 0.2) is 46.9 Å². The van der Waals surface area contributed by atoms with Crippen LogP contribution in [-0.4, -0.2) is 11.8 Å². The lowest BCUT2D eigenvalue weighted by Gasteiger charge is -2.30. The zero-order chi connectivity index (χ0) is 15.5. The van der Waals surface area contributed by atoms with Gasteiger partial charge in [0.2, 0.25) is 0 Å². The maximum atomic E-state index is 13.9. The van der Waals surface area contributed by atoms with Crippen LogP contribution in [0.2, 0.25) is 0 Å². The first-order valence-corrected chi connectivity index (χ1v) is 8.19. The van der Waals surface area contributed by atoms with Gasteiger partial charge in [-0.15, -0.1) is 23.2 Å². The SMILES string of the molecule is Fc1ccc(F)c(CC(CCl)(CCl)c2cccc(Br)c2)c1. The second-order valence-electron chi connectivity index (χ2n) is 4.97. The van der Waals surface area contributed by atoms with E-state index in [4.69, 9.17) is 23.2 Å². The van der Waals surface area contributed by atoms with Crippen molar-refractivity contribution in [3.8, 4) is 0 Å². The van der Waals surface area contributed by atoms with Crippen molar-refractivity contribution in [2.75, 3.05) is 11.8 Å². The van der Waals surface area contributed by atoms with Gasteiger partial charge in [0, 0.05) is 21.6 Å². The minimum absolute atomic E-state index is 0.211. The highest BCUT2D eigenvalue weighted by Crippen LogP contribution is 2.34. The third-order valence-corrected chi connectivity index (χ3v) is 5.00. The second kappa shape index (κ2) is 7.08. The summed E-state index contributed by atoms with van der Waals surface area (Å²) >= 11 is 15.7. The Morgan fingerprint density at radius 3 is 2.33 bits per heavy atom. The Hall–Kier alpha value is -0.640. The van der Waals surface area contributed by atoms with Crippen molar-refractivity contribution in [2.24, 2.45) is 0 Å². The molecule has 0 radical (unpaired) electrons. The molecule has 0 spiro atoms. The van der Waals surface area contributed by atoms with Crippen LogP contribution < -0.4 is 0 Å². The Balaban J connectivity index is 2.45. The van der Waals surface area contributed by atoms with Gasteiger partial charge in [0.25, 0.3) is 0 Å². The van der Waals surface area contributed by atoms with Gasteiger partial charge >= 0.3 is 0 Å². The molecule has 0 saturated carbocycles. The molecule has 0 amide bonds. The van der Waals surface area contributed by atoms with Crippen LogP contribution >= 0.6 is 39.1 Å². The van der Waals surface area contributed by atoms with Gasteiger partial charge in [0.05, 0.1) is 0 Å². The Labute approximate surface area is 141 Å². The van der Waals surface area contributed by atoms with Crippen molar-refractivity contribution in [3.05, 3.63) is 69.7 Å². The molecule has 0 atom stereocenters. The van der Waals surface area contributed by atoms with Crippen molar-refractivity contribution < 1.29 is 8.78 Å². The third-order valence-electron chi connectivity index (χ3n) is 3.49. The molecule has 0 aliphatic heterocycles. The number of halogens is 5. The molecule has 0 aliphatic carbocycles. The standard InChI is InChI=1S/C16H13BrCl2F2/c17-13-3-1-2-12(7-13)16(9-18,10-19)8-11-6-14(20)4-5-15(11)21/h1-7H,8-10H2. The number of hydrogen-bond acceptors (Lipinski definition) is 0. The molecule has 2 aromatic rings. The quantitative estimate of drug-likeness (QED) is 0.572. The highest BCUT2D eigenvalue weighted by atomic mass is 79.9. The van der Waals surface area contributed by atoms with E-state index in [1.807, 2.05) is 24.3 Å². The lowest BCUT2D eigenvalue weighted by Crippen LogP contribution is -2.33. The van der Waals surface area contributed by atoms with Crippen LogP contribution in [0.4, 0.5) is 8.78 Å². The normalized spacial score (nSPS) is 11.7. The third kappa shape index (κ3) is 3.77. The Morgan fingerprint density at radius 1 is 1.00 bits per heavy atom. The maximum absolute atomic E-state index is 13.9. The first-order valence-electron chi connectivity index (χ1n) is 6.33. The van der Waals surface area contributed by atoms with Crippen molar-refractivity contribution in [1.82, 2.24) is 0 Å². The van der Waals surface area contributed by atoms with Gasteiger partial charge < -0.3 is 0 Å². The van der Waals surface area contributed by atoms with Crippen LogP contribution in [0.1, 0.15) is 11.1 Å². The van der Waals surface area contributed by atoms with Gasteiger partial charge in [0.15, 0.2) is 0 Å². The zero-order valence-electron chi connectivity index (χ0n) is 11.1. The summed E-state index contributed by atoms with van der Waals surface area (Å²) < 4.78 is 28.2. The molecule has 2 aromatic carbocycles. The smallest absolute Gasteiger partial charge is 0.126 e. The largest absolute Gasteiger partial charge is 0.207 e. The molecule has 0 fully saturated rings. The number of hydrogen-bond donors (Lipinski definition) is 0. The van der Waals surface area contributed by atoms with E-state index in [0.717, 1.165) is 22.2 Å². The van der Waals surface area contributed by atoms with E-state index in [9.17, 15) is 8.78 Å². The average Bonchev–Trinajstić information content (AvgIpc) is 2.48. The maximum Gasteiger partial charge on any atom is 0.126 e. The average molecular weight is 394 g/mol. The predicted octanol–water partition coefficient (Wildman–Crippen LogP) is 5.69. The molecule has 0 unspecified atom stereocenters. The summed E-state index contributed by atoms with van der Waals surface area (Å²) in [6.07, 6.45) is 0.236. The highest BCUT2D eigenvalue weighted by Gasteiger charge is 2.32. The molecule has 0 aromatic heterocycles. The lowest BCUT2D eigenvalue weighted by molar-refractivity contribution is 0.506. The lowest BCUT2D eigenvalue weighted by atomic mass is 9.78. The molecule has 0 saturated heterocycles. The van der Waals surface area contributed by atoms with E-state index in [1.54, 1.807) is 0 Å². The van der Waals surface area contributed by atoms with E-state index < -0.39 is 17.0 Å². The van der Waals surface area contributed by atoms with Gasteiger partial charge in [-0.3, -0.25) is 0 Å². The molecule has 0 N–H and O–H groups in total. The summed E-state index contributed by atoms with van der Waals surface area (Å²) in [5.74, 6) is -0.504. The molecule has 0 heterocycles. The van der Waals surface area contributed by atoms with E-state index in [-0.39, 0.29) is 23.7 Å². The fourth-order valence-corrected chi connectivity index (χ4v) is 3.43. The highest BCUT2D eigenvalue weighted by molar-refractivity contribution is 9.10. The van der Waals surface area contributed by atoms with E-state index in [1.165, 1.54) is 6.07 Å². The Bertz CT molecular complexity index is 627. The summed E-state index contributed by atoms with van der Waals surface area (Å²) in [6.45, 7) is 0. The van der Waals surface area contributed by atoms with Crippen molar-refractivity contribution in [3.63, 3.8) is 0 Å². The number of benzene rings is 2. The second-order valence-corrected chi connectivity index (χ2v) is 6.42. The zero-order valence-corrected chi connectivity index (χ0v) is 14.2. The van der Waals surface area contributed by atoms with Gasteiger partial charge in [0.1, 0.15) is 11.6 Å². The van der Waals surface area contributed by atoms with E-state index >= 15 is 0 Å². The van der Waals surface area contributed by atoms with Gasteiger partial charge in [-0.25, -0.2) is 8.78 Å². The Morgan fingerprint density at radius 2 is 1.71 bits per heavy atom. The van der Waals surface area contributed by atoms with E-state index in [0.29, 0.717) is 0 Å². The minimum atomic E-state index is -0.651. The molecule has 0 aliphatic rings. The van der Waals surface area contributed by atoms with Gasteiger partial charge in [-0.2, -0.15) is 0 Å². The monoisotopic (exact) mass is 392 g/mol. The van der Waals surface area contributed by atoms with Crippen LogP contribution in [0, 0.1) is 11.6 Å². The van der Waals surface area contributed by atoms with Crippen LogP contribution in [0.5, 0.6) is 0 Å². The fourth-order valence-electron chi connectivity index (χ4n) is 2.25. The van der Waals surface area contributed by atoms with Crippen LogP contribution in [-0.2, 0) is 11.8 Å². The van der Waals surface area contributed by atoms with Crippen molar-refractivity contribution >= 4 is 39.1 Å². The summed E-state index contributed by atoms with van der Waals surface area (Å²) in [5.41, 5.74) is 0.517. The molecule has 0 nitrogen and oxygen atoms in total. The predicted molar refractivity (Wildman–Crippen MR) is 87.3 cm³/mol. The van der Waals surface area contributed by atoms with E-state index in [2.05, 4.69) is 15.9 Å². The molecule has 21 heavy (non-hydrogen) atoms. The molecule has 5 heteroatoms. The van der Waals surface area contributed by atoms with Crippen LogP contribution in [0.25, 0.3) is 0 Å². The molecule has 112 valence electrons. The molecular formula is C16H13BrCl2F2. The van der Waals surface area contributed by atoms with Gasteiger partial charge in [-0.1, -0.05) is 28.1 Å². The summed E-state index contributed by atoms with van der Waals surface area (Å²) in [6, 6.07) is 11.0. The summed E-state index contributed by atoms with van der Waals surface area (Å²) in [4.78, 5) is 0. The fraction of sp³-hybridized carbons (Fsp3) is 0.250.